The van der Waals surface area contributed by atoms with E-state index in [9.17, 15) is 24.8 Å². The Labute approximate surface area is 225 Å². The molecule has 7 atom stereocenters. The number of hydrogen-bond donors (Lipinski definition) is 1. The number of ketones is 2. The molecule has 0 fully saturated rings. The molecule has 8 heteroatoms. The van der Waals surface area contributed by atoms with E-state index in [4.69, 9.17) is 9.16 Å². The van der Waals surface area contributed by atoms with Crippen LogP contribution in [0.2, 0.25) is 19.6 Å². The molecule has 1 N–H and O–H groups in total. The van der Waals surface area contributed by atoms with E-state index in [1.807, 2.05) is 52.6 Å². The molecule has 0 saturated carbocycles. The van der Waals surface area contributed by atoms with Crippen molar-refractivity contribution in [3.05, 3.63) is 23.3 Å². The number of carbonyl (C=O) groups is 3. The number of nitriles is 1. The zero-order valence-corrected chi connectivity index (χ0v) is 26.0. The Morgan fingerprint density at radius 2 is 1.57 bits per heavy atom. The maximum Gasteiger partial charge on any atom is 0.303 e. The van der Waals surface area contributed by atoms with E-state index in [0.29, 0.717) is 0 Å². The maximum absolute atomic E-state index is 13.8. The van der Waals surface area contributed by atoms with Crippen molar-refractivity contribution in [1.82, 2.24) is 0 Å². The third kappa shape index (κ3) is 9.62. The Kier molecular flexibility index (Phi) is 13.9. The number of hydrogen-bond acceptors (Lipinski definition) is 7. The smallest absolute Gasteiger partial charge is 0.303 e. The molecule has 1 unspecified atom stereocenters. The standard InChI is InChI=1S/C29H49NO6Si/c1-13-15-18(3)16-19(4)28(35-24(9)31)23(8)29(17-30,36-37(10,11)12)22(7)27(34)21(6)26(33)20(5)25(32)14-2/h15-16,20-23,26,28,33H,13-14H2,1-12H3/b18-15+,19-16+/t20-,21-,22-,23+,26-,28+,29?/m0/s1. The predicted molar refractivity (Wildman–Crippen MR) is 149 cm³/mol. The number of aliphatic hydroxyl groups is 1. The number of Topliss-reactive ketones (excluding diaryl/α,β-unsaturated/α-hetero) is 2. The average Bonchev–Trinajstić information content (AvgIpc) is 2.81. The van der Waals surface area contributed by atoms with Gasteiger partial charge in [0.1, 0.15) is 17.7 Å². The van der Waals surface area contributed by atoms with E-state index in [1.54, 1.807) is 34.6 Å². The van der Waals surface area contributed by atoms with E-state index in [-0.39, 0.29) is 18.0 Å². The van der Waals surface area contributed by atoms with E-state index in [0.717, 1.165) is 17.6 Å². The Hall–Kier alpha value is -2.08. The number of allylic oxidation sites excluding steroid dienone is 3. The molecule has 7 nitrogen and oxygen atoms in total. The van der Waals surface area contributed by atoms with Crippen molar-refractivity contribution in [2.45, 2.75) is 113 Å². The van der Waals surface area contributed by atoms with Crippen molar-refractivity contribution in [2.24, 2.45) is 23.7 Å². The third-order valence-electron chi connectivity index (χ3n) is 6.90. The lowest BCUT2D eigenvalue weighted by Crippen LogP contribution is -2.57. The summed E-state index contributed by atoms with van der Waals surface area (Å²) in [5.41, 5.74) is 0.0950. The first-order valence-electron chi connectivity index (χ1n) is 13.3. The first kappa shape index (κ1) is 34.9. The van der Waals surface area contributed by atoms with Gasteiger partial charge in [0.05, 0.1) is 18.1 Å². The molecule has 0 aliphatic heterocycles. The topological polar surface area (TPSA) is 114 Å². The van der Waals surface area contributed by atoms with Crippen LogP contribution in [0.15, 0.2) is 23.3 Å². The van der Waals surface area contributed by atoms with Crippen LogP contribution in [-0.2, 0) is 23.5 Å². The highest BCUT2D eigenvalue weighted by Crippen LogP contribution is 2.40. The highest BCUT2D eigenvalue weighted by molar-refractivity contribution is 6.69. The minimum atomic E-state index is -2.42. The quantitative estimate of drug-likeness (QED) is 0.160. The van der Waals surface area contributed by atoms with Crippen LogP contribution in [0.1, 0.15) is 75.2 Å². The first-order valence-corrected chi connectivity index (χ1v) is 16.7. The molecule has 37 heavy (non-hydrogen) atoms. The number of rotatable bonds is 15. The molecule has 0 aliphatic carbocycles. The summed E-state index contributed by atoms with van der Waals surface area (Å²) in [6.45, 7) is 21.2. The lowest BCUT2D eigenvalue weighted by atomic mass is 9.70. The van der Waals surface area contributed by atoms with Crippen LogP contribution in [0, 0.1) is 35.0 Å². The summed E-state index contributed by atoms with van der Waals surface area (Å²) in [6, 6.07) is 2.31. The summed E-state index contributed by atoms with van der Waals surface area (Å²) in [7, 11) is -2.42. The fourth-order valence-corrected chi connectivity index (χ4v) is 6.26. The van der Waals surface area contributed by atoms with Crippen molar-refractivity contribution in [3.63, 3.8) is 0 Å². The van der Waals surface area contributed by atoms with Gasteiger partial charge in [-0.2, -0.15) is 5.26 Å². The lowest BCUT2D eigenvalue weighted by molar-refractivity contribution is -0.153. The van der Waals surface area contributed by atoms with Gasteiger partial charge in [0, 0.05) is 31.1 Å². The van der Waals surface area contributed by atoms with Gasteiger partial charge in [-0.3, -0.25) is 14.4 Å². The van der Waals surface area contributed by atoms with Crippen molar-refractivity contribution >= 4 is 25.9 Å². The van der Waals surface area contributed by atoms with E-state index in [2.05, 4.69) is 6.07 Å². The lowest BCUT2D eigenvalue weighted by Gasteiger charge is -2.45. The van der Waals surface area contributed by atoms with Crippen LogP contribution in [0.5, 0.6) is 0 Å². The summed E-state index contributed by atoms with van der Waals surface area (Å²) in [5, 5.41) is 21.5. The first-order chi connectivity index (χ1) is 16.9. The number of carbonyl (C=O) groups excluding carboxylic acids is 3. The van der Waals surface area contributed by atoms with E-state index >= 15 is 0 Å². The molecule has 0 saturated heterocycles. The van der Waals surface area contributed by atoms with Crippen molar-refractivity contribution < 1.29 is 28.7 Å². The molecule has 0 radical (unpaired) electrons. The summed E-state index contributed by atoms with van der Waals surface area (Å²) in [5.74, 6) is -4.30. The van der Waals surface area contributed by atoms with Crippen molar-refractivity contribution in [3.8, 4) is 6.07 Å². The highest BCUT2D eigenvalue weighted by atomic mass is 28.4. The van der Waals surface area contributed by atoms with Gasteiger partial charge in [-0.15, -0.1) is 0 Å². The van der Waals surface area contributed by atoms with Crippen molar-refractivity contribution in [1.29, 1.82) is 5.26 Å². The van der Waals surface area contributed by atoms with Gasteiger partial charge in [0.25, 0.3) is 0 Å². The number of aliphatic hydroxyl groups excluding tert-OH is 1. The monoisotopic (exact) mass is 535 g/mol. The Balaban J connectivity index is 6.79. The molecular formula is C29H49NO6Si. The fraction of sp³-hybridized carbons (Fsp3) is 0.724. The summed E-state index contributed by atoms with van der Waals surface area (Å²) in [4.78, 5) is 38.1. The molecular weight excluding hydrogens is 486 g/mol. The summed E-state index contributed by atoms with van der Waals surface area (Å²) >= 11 is 0. The van der Waals surface area contributed by atoms with Gasteiger partial charge in [0.2, 0.25) is 0 Å². The van der Waals surface area contributed by atoms with Crippen LogP contribution in [0.4, 0.5) is 0 Å². The Bertz CT molecular complexity index is 912. The van der Waals surface area contributed by atoms with Crippen LogP contribution < -0.4 is 0 Å². The third-order valence-corrected chi connectivity index (χ3v) is 7.85. The number of ether oxygens (including phenoxy) is 1. The second-order valence-corrected chi connectivity index (χ2v) is 15.6. The van der Waals surface area contributed by atoms with Gasteiger partial charge < -0.3 is 14.3 Å². The second-order valence-electron chi connectivity index (χ2n) is 11.2. The van der Waals surface area contributed by atoms with Gasteiger partial charge in [0.15, 0.2) is 13.9 Å². The van der Waals surface area contributed by atoms with Gasteiger partial charge >= 0.3 is 5.97 Å². The largest absolute Gasteiger partial charge is 0.458 e. The fourth-order valence-electron chi connectivity index (χ4n) is 4.84. The molecule has 210 valence electrons. The van der Waals surface area contributed by atoms with Crippen molar-refractivity contribution in [2.75, 3.05) is 0 Å². The van der Waals surface area contributed by atoms with Crippen LogP contribution in [-0.4, -0.2) is 48.8 Å². The molecule has 0 spiro atoms. The molecule has 0 aromatic heterocycles. The minimum absolute atomic E-state index is 0.135. The Morgan fingerprint density at radius 3 is 1.97 bits per heavy atom. The van der Waals surface area contributed by atoms with E-state index in [1.165, 1.54) is 6.92 Å². The van der Waals surface area contributed by atoms with Gasteiger partial charge in [-0.1, -0.05) is 59.3 Å². The zero-order valence-electron chi connectivity index (χ0n) is 25.0. The number of nitrogens with zero attached hydrogens (tertiary/aromatic N) is 1. The van der Waals surface area contributed by atoms with E-state index < -0.39 is 55.8 Å². The average molecular weight is 536 g/mol. The summed E-state index contributed by atoms with van der Waals surface area (Å²) in [6.07, 6.45) is 3.06. The Morgan fingerprint density at radius 1 is 1.03 bits per heavy atom. The molecule has 0 aromatic carbocycles. The molecule has 0 heterocycles. The molecule has 0 aromatic rings. The predicted octanol–water partition coefficient (Wildman–Crippen LogP) is 5.79. The SMILES string of the molecule is CC/C=C(C)/C=C(\C)[C@@H](OC(C)=O)[C@@H](C)C(C#N)(O[Si](C)(C)C)[C@@H](C)C(=O)[C@@H](C)[C@@H](O)[C@@H](C)C(=O)CC. The molecule has 0 aliphatic rings. The highest BCUT2D eigenvalue weighted by Gasteiger charge is 2.53. The van der Waals surface area contributed by atoms with Crippen LogP contribution in [0.3, 0.4) is 0 Å². The molecule has 0 rings (SSSR count). The van der Waals surface area contributed by atoms with Gasteiger partial charge in [-0.25, -0.2) is 0 Å². The molecule has 0 bridgehead atoms. The van der Waals surface area contributed by atoms with Gasteiger partial charge in [-0.05, 0) is 45.5 Å². The minimum Gasteiger partial charge on any atom is -0.458 e. The second kappa shape index (κ2) is 14.7. The number of esters is 1. The molecule has 0 amide bonds. The van der Waals surface area contributed by atoms with Crippen LogP contribution >= 0.6 is 0 Å². The van der Waals surface area contributed by atoms with Crippen LogP contribution in [0.25, 0.3) is 0 Å². The summed E-state index contributed by atoms with van der Waals surface area (Å²) < 4.78 is 12.3. The maximum atomic E-state index is 13.8. The normalized spacial score (nSPS) is 19.5. The zero-order chi connectivity index (χ0) is 29.3.